The lowest BCUT2D eigenvalue weighted by Gasteiger charge is -1.82. The number of carbonyl (C=O) groups excluding carboxylic acids is 2. The Balaban J connectivity index is -0.000000174. The van der Waals surface area contributed by atoms with Gasteiger partial charge in [-0.25, -0.2) is 4.57 Å². The highest BCUT2D eigenvalue weighted by molar-refractivity contribution is 7.45. The number of primary amides is 2. The zero-order chi connectivity index (χ0) is 14.8. The van der Waals surface area contributed by atoms with Gasteiger partial charge in [-0.2, -0.15) is 0 Å². The van der Waals surface area contributed by atoms with Gasteiger partial charge in [0, 0.05) is 11.1 Å². The van der Waals surface area contributed by atoms with Crippen molar-refractivity contribution in [1.82, 2.24) is 0 Å². The van der Waals surface area contributed by atoms with E-state index in [0.717, 1.165) is 0 Å². The van der Waals surface area contributed by atoms with Crippen LogP contribution in [0.25, 0.3) is 0 Å². The summed E-state index contributed by atoms with van der Waals surface area (Å²) in [5.74, 6) is -0.870. The minimum absolute atomic E-state index is 0.398. The average Bonchev–Trinajstić information content (AvgIpc) is 2.01. The topological polar surface area (TPSA) is 164 Å². The first-order chi connectivity index (χ1) is 7.29. The summed E-state index contributed by atoms with van der Waals surface area (Å²) in [6, 6.07) is 0. The summed E-state index contributed by atoms with van der Waals surface area (Å²) < 4.78 is 8.88. The normalized spacial score (nSPS) is 8.76. The van der Waals surface area contributed by atoms with Gasteiger partial charge in [-0.15, -0.1) is 0 Å². The smallest absolute Gasteiger partial charge is 0.366 e. The average molecular weight is 268 g/mol. The molecule has 0 aliphatic rings. The van der Waals surface area contributed by atoms with Crippen LogP contribution in [-0.2, 0) is 14.2 Å². The molecule has 0 heterocycles. The van der Waals surface area contributed by atoms with Gasteiger partial charge in [0.1, 0.15) is 0 Å². The van der Waals surface area contributed by atoms with Crippen molar-refractivity contribution in [2.75, 3.05) is 0 Å². The zero-order valence-electron chi connectivity index (χ0n) is 9.58. The number of phosphoric acid groups is 1. The summed E-state index contributed by atoms with van der Waals surface area (Å²) in [4.78, 5) is 41.2. The zero-order valence-corrected chi connectivity index (χ0v) is 10.5. The summed E-state index contributed by atoms with van der Waals surface area (Å²) in [6.45, 7) is 9.70. The van der Waals surface area contributed by atoms with Crippen molar-refractivity contribution in [2.45, 2.75) is 13.8 Å². The van der Waals surface area contributed by atoms with E-state index in [1.165, 1.54) is 0 Å². The fourth-order valence-corrected chi connectivity index (χ4v) is 0. The molecule has 0 atom stereocenters. The molecule has 9 heteroatoms. The summed E-state index contributed by atoms with van der Waals surface area (Å²) in [6.07, 6.45) is 0. The second-order valence-corrected chi connectivity index (χ2v) is 3.83. The summed E-state index contributed by atoms with van der Waals surface area (Å²) in [7, 11) is -4.64. The van der Waals surface area contributed by atoms with Crippen molar-refractivity contribution in [2.24, 2.45) is 11.5 Å². The van der Waals surface area contributed by atoms with Gasteiger partial charge in [-0.1, -0.05) is 13.2 Å². The number of carbonyl (C=O) groups is 2. The van der Waals surface area contributed by atoms with Crippen LogP contribution in [0.1, 0.15) is 13.8 Å². The van der Waals surface area contributed by atoms with Crippen molar-refractivity contribution in [1.29, 1.82) is 0 Å². The first-order valence-corrected chi connectivity index (χ1v) is 5.54. The molecule has 0 aromatic heterocycles. The van der Waals surface area contributed by atoms with E-state index in [0.29, 0.717) is 11.1 Å². The molecule has 0 aromatic rings. The molecule has 8 nitrogen and oxygen atoms in total. The van der Waals surface area contributed by atoms with Crippen LogP contribution in [0.2, 0.25) is 0 Å². The van der Waals surface area contributed by atoms with Crippen LogP contribution in [0.4, 0.5) is 0 Å². The molecule has 0 saturated carbocycles. The van der Waals surface area contributed by atoms with Crippen LogP contribution >= 0.6 is 7.82 Å². The van der Waals surface area contributed by atoms with Crippen molar-refractivity contribution < 1.29 is 28.8 Å². The molecule has 0 fully saturated rings. The van der Waals surface area contributed by atoms with Gasteiger partial charge in [0.15, 0.2) is 0 Å². The van der Waals surface area contributed by atoms with Crippen molar-refractivity contribution >= 4 is 19.6 Å². The molecule has 0 rings (SSSR count). The Morgan fingerprint density at radius 2 is 1.00 bits per heavy atom. The molecule has 2 amide bonds. The van der Waals surface area contributed by atoms with E-state index in [1.54, 1.807) is 13.8 Å². The standard InChI is InChI=1S/2C4H7NO.H3O4P/c2*1-3(2)4(5)6;1-5(2,3)4/h2*1H2,2H3,(H2,5,6);(H3,1,2,3,4). The van der Waals surface area contributed by atoms with Crippen molar-refractivity contribution in [3.63, 3.8) is 0 Å². The number of rotatable bonds is 2. The predicted octanol–water partition coefficient (Wildman–Crippen LogP) is -0.833. The molecular formula is C8H17N2O6P. The van der Waals surface area contributed by atoms with Crippen molar-refractivity contribution in [3.8, 4) is 0 Å². The van der Waals surface area contributed by atoms with Gasteiger partial charge in [0.25, 0.3) is 0 Å². The third-order valence-electron chi connectivity index (χ3n) is 0.841. The van der Waals surface area contributed by atoms with Gasteiger partial charge in [0.05, 0.1) is 0 Å². The molecule has 0 aliphatic carbocycles. The van der Waals surface area contributed by atoms with E-state index in [4.69, 9.17) is 30.7 Å². The van der Waals surface area contributed by atoms with Gasteiger partial charge in [0.2, 0.25) is 11.8 Å². The molecule has 0 radical (unpaired) electrons. The molecule has 0 saturated heterocycles. The minimum atomic E-state index is -4.64. The van der Waals surface area contributed by atoms with Crippen LogP contribution in [0.3, 0.4) is 0 Å². The molecule has 0 aliphatic heterocycles. The Morgan fingerprint density at radius 1 is 0.941 bits per heavy atom. The lowest BCUT2D eigenvalue weighted by atomic mass is 10.3. The number of amides is 2. The van der Waals surface area contributed by atoms with Crippen LogP contribution in [0.15, 0.2) is 24.3 Å². The monoisotopic (exact) mass is 268 g/mol. The maximum absolute atomic E-state index is 9.82. The van der Waals surface area contributed by atoms with Crippen molar-refractivity contribution in [3.05, 3.63) is 24.3 Å². The second-order valence-electron chi connectivity index (χ2n) is 2.80. The van der Waals surface area contributed by atoms with Gasteiger partial charge in [-0.05, 0) is 13.8 Å². The van der Waals surface area contributed by atoms with Crippen LogP contribution in [-0.4, -0.2) is 26.5 Å². The maximum atomic E-state index is 9.82. The molecule has 7 N–H and O–H groups in total. The first kappa shape index (κ1) is 20.9. The molecule has 0 spiro atoms. The molecule has 100 valence electrons. The van der Waals surface area contributed by atoms with Gasteiger partial charge >= 0.3 is 7.82 Å². The third-order valence-corrected chi connectivity index (χ3v) is 0.841. The molecule has 0 bridgehead atoms. The van der Waals surface area contributed by atoms with Crippen LogP contribution in [0, 0.1) is 0 Å². The Kier molecular flexibility index (Phi) is 12.0. The number of hydrogen-bond acceptors (Lipinski definition) is 3. The minimum Gasteiger partial charge on any atom is -0.366 e. The van der Waals surface area contributed by atoms with Crippen LogP contribution in [0.5, 0.6) is 0 Å². The summed E-state index contributed by atoms with van der Waals surface area (Å²) in [5, 5.41) is 0. The predicted molar refractivity (Wildman–Crippen MR) is 62.3 cm³/mol. The Bertz CT molecular complexity index is 290. The lowest BCUT2D eigenvalue weighted by Crippen LogP contribution is -2.10. The molecule has 0 unspecified atom stereocenters. The largest absolute Gasteiger partial charge is 0.466 e. The molecule has 17 heavy (non-hydrogen) atoms. The molecule has 0 aromatic carbocycles. The van der Waals surface area contributed by atoms with Crippen LogP contribution < -0.4 is 11.5 Å². The van der Waals surface area contributed by atoms with E-state index in [2.05, 4.69) is 13.2 Å². The van der Waals surface area contributed by atoms with E-state index in [1.807, 2.05) is 0 Å². The highest BCUT2D eigenvalue weighted by Gasteiger charge is 2.00. The number of hydrogen-bond donors (Lipinski definition) is 5. The highest BCUT2D eigenvalue weighted by atomic mass is 31.2. The number of nitrogens with two attached hydrogens (primary N) is 2. The summed E-state index contributed by atoms with van der Waals surface area (Å²) in [5.41, 5.74) is 10.2. The highest BCUT2D eigenvalue weighted by Crippen LogP contribution is 2.25. The fraction of sp³-hybridized carbons (Fsp3) is 0.250. The Morgan fingerprint density at radius 3 is 1.00 bits per heavy atom. The van der Waals surface area contributed by atoms with Gasteiger partial charge < -0.3 is 26.1 Å². The van der Waals surface area contributed by atoms with E-state index >= 15 is 0 Å². The SMILES string of the molecule is C=C(C)C(N)=O.C=C(C)C(N)=O.O=P(O)(O)O. The van der Waals surface area contributed by atoms with E-state index in [-0.39, 0.29) is 0 Å². The second kappa shape index (κ2) is 9.73. The van der Waals surface area contributed by atoms with E-state index in [9.17, 15) is 9.59 Å². The first-order valence-electron chi connectivity index (χ1n) is 3.98. The maximum Gasteiger partial charge on any atom is 0.466 e. The van der Waals surface area contributed by atoms with Gasteiger partial charge in [-0.3, -0.25) is 9.59 Å². The summed E-state index contributed by atoms with van der Waals surface area (Å²) >= 11 is 0. The Labute approximate surface area is 98.9 Å². The molecular weight excluding hydrogens is 251 g/mol. The van der Waals surface area contributed by atoms with E-state index < -0.39 is 19.6 Å². The third kappa shape index (κ3) is 53.5. The Hall–Kier alpha value is -1.47. The lowest BCUT2D eigenvalue weighted by molar-refractivity contribution is -0.115. The quantitative estimate of drug-likeness (QED) is 0.324. The fourth-order valence-electron chi connectivity index (χ4n) is 0.